The lowest BCUT2D eigenvalue weighted by atomic mass is 10.1. The van der Waals surface area contributed by atoms with Crippen molar-refractivity contribution in [1.82, 2.24) is 5.32 Å². The minimum atomic E-state index is -3.73. The first kappa shape index (κ1) is 20.7. The van der Waals surface area contributed by atoms with Gasteiger partial charge in [-0.05, 0) is 48.9 Å². The van der Waals surface area contributed by atoms with Crippen LogP contribution in [-0.2, 0) is 9.84 Å². The van der Waals surface area contributed by atoms with Crippen molar-refractivity contribution in [3.63, 3.8) is 0 Å². The molecule has 1 heterocycles. The van der Waals surface area contributed by atoms with E-state index >= 15 is 0 Å². The highest BCUT2D eigenvalue weighted by atomic mass is 32.2. The zero-order chi connectivity index (χ0) is 21.0. The number of hydrogen-bond donors (Lipinski definition) is 1. The van der Waals surface area contributed by atoms with Gasteiger partial charge in [0.15, 0.2) is 15.6 Å². The summed E-state index contributed by atoms with van der Waals surface area (Å²) in [5.74, 6) is -0.316. The van der Waals surface area contributed by atoms with E-state index in [9.17, 15) is 13.2 Å². The Balaban J connectivity index is 1.94. The first-order valence-electron chi connectivity index (χ1n) is 9.18. The molecule has 2 aromatic carbocycles. The molecule has 3 aromatic rings. The van der Waals surface area contributed by atoms with Crippen LogP contribution in [0, 0.1) is 6.92 Å². The average molecular weight is 413 g/mol. The van der Waals surface area contributed by atoms with E-state index in [1.54, 1.807) is 42.5 Å². The average Bonchev–Trinajstić information content (AvgIpc) is 3.23. The minimum Gasteiger partial charge on any atom is -0.459 e. The van der Waals surface area contributed by atoms with Gasteiger partial charge in [0.1, 0.15) is 5.25 Å². The normalized spacial score (nSPS) is 12.4. The summed E-state index contributed by atoms with van der Waals surface area (Å²) in [5, 5.41) is 1.76. The third-order valence-corrected chi connectivity index (χ3v) is 6.82. The molecule has 0 saturated heterocycles. The Morgan fingerprint density at radius 1 is 1.03 bits per heavy atom. The molecule has 1 atom stereocenters. The zero-order valence-corrected chi connectivity index (χ0v) is 17.4. The topological polar surface area (TPSA) is 79.6 Å². The number of nitrogens with zero attached hydrogens (tertiary/aromatic N) is 1. The van der Waals surface area contributed by atoms with Crippen molar-refractivity contribution in [2.24, 2.45) is 0 Å². The molecule has 1 amide bonds. The van der Waals surface area contributed by atoms with Crippen molar-refractivity contribution < 1.29 is 17.6 Å². The fourth-order valence-electron chi connectivity index (χ4n) is 2.97. The number of aryl methyl sites for hydroxylation is 1. The number of carbonyl (C=O) groups is 1. The van der Waals surface area contributed by atoms with Crippen LogP contribution in [0.3, 0.4) is 0 Å². The maximum atomic E-state index is 13.4. The van der Waals surface area contributed by atoms with Crippen molar-refractivity contribution in [1.29, 1.82) is 0 Å². The second-order valence-electron chi connectivity index (χ2n) is 7.02. The number of rotatable bonds is 7. The third kappa shape index (κ3) is 4.68. The number of anilines is 1. The van der Waals surface area contributed by atoms with Gasteiger partial charge in [0.2, 0.25) is 0 Å². The lowest BCUT2D eigenvalue weighted by Gasteiger charge is -2.20. The van der Waals surface area contributed by atoms with Crippen LogP contribution in [0.5, 0.6) is 0 Å². The molecule has 0 aliphatic heterocycles. The molecule has 0 saturated carbocycles. The van der Waals surface area contributed by atoms with Crippen LogP contribution in [0.2, 0.25) is 0 Å². The monoisotopic (exact) mass is 412 g/mol. The molecule has 1 aromatic heterocycles. The Kier molecular flexibility index (Phi) is 6.08. The van der Waals surface area contributed by atoms with E-state index in [-0.39, 0.29) is 17.2 Å². The Morgan fingerprint density at radius 3 is 2.24 bits per heavy atom. The highest BCUT2D eigenvalue weighted by molar-refractivity contribution is 7.91. The van der Waals surface area contributed by atoms with Crippen molar-refractivity contribution in [3.05, 3.63) is 83.8 Å². The third-order valence-electron chi connectivity index (χ3n) is 4.70. The van der Waals surface area contributed by atoms with Crippen molar-refractivity contribution in [2.45, 2.75) is 17.1 Å². The van der Waals surface area contributed by atoms with Gasteiger partial charge in [0.25, 0.3) is 5.91 Å². The predicted octanol–water partition coefficient (Wildman–Crippen LogP) is 3.60. The summed E-state index contributed by atoms with van der Waals surface area (Å²) in [6.45, 7) is 1.83. The van der Waals surface area contributed by atoms with Gasteiger partial charge in [-0.3, -0.25) is 4.79 Å². The number of hydrogen-bond acceptors (Lipinski definition) is 5. The van der Waals surface area contributed by atoms with Gasteiger partial charge in [-0.25, -0.2) is 8.42 Å². The van der Waals surface area contributed by atoms with Gasteiger partial charge in [-0.2, -0.15) is 0 Å². The molecule has 29 heavy (non-hydrogen) atoms. The highest BCUT2D eigenvalue weighted by Gasteiger charge is 2.30. The van der Waals surface area contributed by atoms with Gasteiger partial charge in [0, 0.05) is 26.3 Å². The maximum absolute atomic E-state index is 13.4. The van der Waals surface area contributed by atoms with Crippen LogP contribution in [0.25, 0.3) is 0 Å². The molecule has 7 heteroatoms. The molecule has 0 bridgehead atoms. The van der Waals surface area contributed by atoms with E-state index < -0.39 is 21.0 Å². The Labute approximate surface area is 171 Å². The molecule has 3 rings (SSSR count). The Bertz CT molecular complexity index is 1060. The molecule has 0 unspecified atom stereocenters. The van der Waals surface area contributed by atoms with Gasteiger partial charge in [-0.1, -0.05) is 29.8 Å². The zero-order valence-electron chi connectivity index (χ0n) is 16.6. The van der Waals surface area contributed by atoms with Crippen molar-refractivity contribution in [2.75, 3.05) is 25.5 Å². The molecule has 6 nitrogen and oxygen atoms in total. The summed E-state index contributed by atoms with van der Waals surface area (Å²) in [6.07, 6.45) is 1.40. The Hall–Kier alpha value is -3.06. The molecule has 1 N–H and O–H groups in total. The number of amides is 1. The van der Waals surface area contributed by atoms with Gasteiger partial charge < -0.3 is 14.6 Å². The summed E-state index contributed by atoms with van der Waals surface area (Å²) < 4.78 is 31.8. The molecule has 0 aliphatic carbocycles. The molecule has 0 aliphatic rings. The van der Waals surface area contributed by atoms with Crippen LogP contribution in [-0.4, -0.2) is 35.0 Å². The van der Waals surface area contributed by atoms with Crippen molar-refractivity contribution >= 4 is 21.4 Å². The summed E-state index contributed by atoms with van der Waals surface area (Å²) in [7, 11) is 0.104. The fraction of sp³-hybridized carbons (Fsp3) is 0.227. The molecule has 152 valence electrons. The van der Waals surface area contributed by atoms with Gasteiger partial charge >= 0.3 is 0 Å². The van der Waals surface area contributed by atoms with E-state index in [0.29, 0.717) is 5.56 Å². The maximum Gasteiger partial charge on any atom is 0.287 e. The highest BCUT2D eigenvalue weighted by Crippen LogP contribution is 2.30. The summed E-state index contributed by atoms with van der Waals surface area (Å²) in [5.41, 5.74) is 2.54. The second-order valence-corrected chi connectivity index (χ2v) is 9.15. The predicted molar refractivity (Wildman–Crippen MR) is 113 cm³/mol. The van der Waals surface area contributed by atoms with E-state index in [0.717, 1.165) is 11.3 Å². The quantitative estimate of drug-likeness (QED) is 0.641. The standard InChI is InChI=1S/C22H24N2O4S/c1-16-6-12-19(13-7-16)29(26,27)21(15-23-22(25)20-5-4-14-28-20)17-8-10-18(11-9-17)24(2)3/h4-14,21H,15H2,1-3H3,(H,23,25)/t21-/m1/s1. The van der Waals surface area contributed by atoms with E-state index in [1.807, 2.05) is 38.1 Å². The first-order valence-corrected chi connectivity index (χ1v) is 10.7. The first-order chi connectivity index (χ1) is 13.8. The number of carbonyl (C=O) groups excluding carboxylic acids is 1. The summed E-state index contributed by atoms with van der Waals surface area (Å²) in [6, 6.07) is 17.2. The lowest BCUT2D eigenvalue weighted by molar-refractivity contribution is 0.0926. The van der Waals surface area contributed by atoms with E-state index in [2.05, 4.69) is 5.32 Å². The Morgan fingerprint density at radius 2 is 1.69 bits per heavy atom. The molecular weight excluding hydrogens is 388 g/mol. The lowest BCUT2D eigenvalue weighted by Crippen LogP contribution is -2.31. The molecule has 0 radical (unpaired) electrons. The number of sulfone groups is 1. The smallest absolute Gasteiger partial charge is 0.287 e. The number of furan rings is 1. The SMILES string of the molecule is Cc1ccc(S(=O)(=O)[C@H](CNC(=O)c2ccco2)c2ccc(N(C)C)cc2)cc1. The number of benzene rings is 2. The number of nitrogens with one attached hydrogen (secondary N) is 1. The molecule has 0 spiro atoms. The summed E-state index contributed by atoms with van der Waals surface area (Å²) in [4.78, 5) is 14.4. The van der Waals surface area contributed by atoms with Gasteiger partial charge in [-0.15, -0.1) is 0 Å². The van der Waals surface area contributed by atoms with Crippen LogP contribution in [0.4, 0.5) is 5.69 Å². The molecular formula is C22H24N2O4S. The van der Waals surface area contributed by atoms with Crippen LogP contribution >= 0.6 is 0 Å². The van der Waals surface area contributed by atoms with Crippen LogP contribution < -0.4 is 10.2 Å². The summed E-state index contributed by atoms with van der Waals surface area (Å²) >= 11 is 0. The van der Waals surface area contributed by atoms with E-state index in [1.165, 1.54) is 12.3 Å². The van der Waals surface area contributed by atoms with E-state index in [4.69, 9.17) is 4.42 Å². The largest absolute Gasteiger partial charge is 0.459 e. The van der Waals surface area contributed by atoms with Gasteiger partial charge in [0.05, 0.1) is 11.2 Å². The van der Waals surface area contributed by atoms with Crippen molar-refractivity contribution in [3.8, 4) is 0 Å². The minimum absolute atomic E-state index is 0.0724. The van der Waals surface area contributed by atoms with Crippen LogP contribution in [0.1, 0.15) is 26.9 Å². The molecule has 0 fully saturated rings. The second kappa shape index (κ2) is 8.53. The van der Waals surface area contributed by atoms with Crippen LogP contribution in [0.15, 0.2) is 76.2 Å². The fourth-order valence-corrected chi connectivity index (χ4v) is 4.63.